The van der Waals surface area contributed by atoms with Crippen molar-refractivity contribution in [2.75, 3.05) is 4.90 Å². The van der Waals surface area contributed by atoms with Crippen molar-refractivity contribution in [2.45, 2.75) is 0 Å². The lowest BCUT2D eigenvalue weighted by Crippen LogP contribution is -2.10. The van der Waals surface area contributed by atoms with E-state index in [9.17, 15) is 0 Å². The van der Waals surface area contributed by atoms with Crippen LogP contribution in [0.25, 0.3) is 66.4 Å². The maximum atomic E-state index is 2.35. The molecule has 250 valence electrons. The van der Waals surface area contributed by atoms with Gasteiger partial charge in [0.1, 0.15) is 0 Å². The molecule has 0 heterocycles. The molecule has 0 unspecified atom stereocenters. The summed E-state index contributed by atoms with van der Waals surface area (Å²) in [5.41, 5.74) is 15.4. The molecule has 0 saturated heterocycles. The lowest BCUT2D eigenvalue weighted by Gasteiger charge is -2.26. The number of rotatable bonds is 8. The van der Waals surface area contributed by atoms with E-state index in [-0.39, 0.29) is 0 Å². The Labute approximate surface area is 311 Å². The Bertz CT molecular complexity index is 2620. The first-order chi connectivity index (χ1) is 26.3. The number of nitrogens with zero attached hydrogens (tertiary/aromatic N) is 1. The minimum atomic E-state index is 1.10. The quantitative estimate of drug-likeness (QED) is 0.155. The summed E-state index contributed by atoms with van der Waals surface area (Å²) in [5.74, 6) is 0. The van der Waals surface area contributed by atoms with E-state index in [1.54, 1.807) is 0 Å². The van der Waals surface area contributed by atoms with Crippen molar-refractivity contribution in [3.63, 3.8) is 0 Å². The summed E-state index contributed by atoms with van der Waals surface area (Å²) in [6.07, 6.45) is 0. The third-order valence-corrected chi connectivity index (χ3v) is 10.1. The van der Waals surface area contributed by atoms with E-state index in [0.29, 0.717) is 0 Å². The summed E-state index contributed by atoms with van der Waals surface area (Å²) in [7, 11) is 0. The average molecular weight is 676 g/mol. The normalized spacial score (nSPS) is 11.0. The largest absolute Gasteiger partial charge is 0.310 e. The van der Waals surface area contributed by atoms with Gasteiger partial charge in [0.15, 0.2) is 0 Å². The molecule has 0 aliphatic carbocycles. The van der Waals surface area contributed by atoms with Crippen molar-refractivity contribution in [1.29, 1.82) is 0 Å². The molecule has 0 aromatic heterocycles. The van der Waals surface area contributed by atoms with Gasteiger partial charge in [-0.2, -0.15) is 0 Å². The van der Waals surface area contributed by atoms with Crippen LogP contribution >= 0.6 is 0 Å². The summed E-state index contributed by atoms with van der Waals surface area (Å²) in [6.45, 7) is 0. The highest BCUT2D eigenvalue weighted by Gasteiger charge is 2.15. The standard InChI is InChI=1S/C52H37N/c1-3-12-38(13-4-1)40-24-26-41(27-25-40)42-28-32-48(33-29-42)53(50-21-10-19-46(37-50)39-14-5-2-6-15-39)49-34-30-43(31-35-49)45-18-9-20-47(36-45)52-23-11-17-44-16-7-8-22-51(44)52/h1-37H. The molecule has 1 nitrogen and oxygen atoms in total. The van der Waals surface area contributed by atoms with Crippen LogP contribution in [0, 0.1) is 0 Å². The molecule has 0 radical (unpaired) electrons. The highest BCUT2D eigenvalue weighted by Crippen LogP contribution is 2.39. The number of benzene rings is 9. The topological polar surface area (TPSA) is 3.24 Å². The zero-order chi connectivity index (χ0) is 35.4. The molecular formula is C52H37N. The smallest absolute Gasteiger partial charge is 0.0467 e. The van der Waals surface area contributed by atoms with Crippen LogP contribution < -0.4 is 4.90 Å². The third kappa shape index (κ3) is 6.65. The Hall–Kier alpha value is -6.96. The second-order valence-corrected chi connectivity index (χ2v) is 13.4. The maximum absolute atomic E-state index is 2.35. The van der Waals surface area contributed by atoms with Crippen LogP contribution in [-0.2, 0) is 0 Å². The zero-order valence-electron chi connectivity index (χ0n) is 29.3. The maximum Gasteiger partial charge on any atom is 0.0467 e. The van der Waals surface area contributed by atoms with Crippen LogP contribution in [0.5, 0.6) is 0 Å². The molecule has 0 saturated carbocycles. The minimum absolute atomic E-state index is 1.10. The molecule has 0 bridgehead atoms. The second kappa shape index (κ2) is 14.3. The van der Waals surface area contributed by atoms with Crippen LogP contribution in [0.2, 0.25) is 0 Å². The first kappa shape index (κ1) is 32.0. The summed E-state index contributed by atoms with van der Waals surface area (Å²) < 4.78 is 0. The molecule has 0 aliphatic heterocycles. The number of hydrogen-bond acceptors (Lipinski definition) is 1. The van der Waals surface area contributed by atoms with Gasteiger partial charge in [-0.3, -0.25) is 0 Å². The van der Waals surface area contributed by atoms with Gasteiger partial charge in [-0.05, 0) is 109 Å². The molecular weight excluding hydrogens is 639 g/mol. The van der Waals surface area contributed by atoms with Gasteiger partial charge in [-0.1, -0.05) is 182 Å². The van der Waals surface area contributed by atoms with E-state index in [1.165, 1.54) is 66.4 Å². The first-order valence-electron chi connectivity index (χ1n) is 18.2. The van der Waals surface area contributed by atoms with Gasteiger partial charge < -0.3 is 4.90 Å². The highest BCUT2D eigenvalue weighted by molar-refractivity contribution is 5.97. The van der Waals surface area contributed by atoms with Crippen molar-refractivity contribution >= 4 is 27.8 Å². The molecule has 9 aromatic carbocycles. The van der Waals surface area contributed by atoms with Gasteiger partial charge >= 0.3 is 0 Å². The third-order valence-electron chi connectivity index (χ3n) is 10.1. The van der Waals surface area contributed by atoms with E-state index in [0.717, 1.165) is 17.1 Å². The van der Waals surface area contributed by atoms with Gasteiger partial charge in [-0.15, -0.1) is 0 Å². The molecule has 0 N–H and O–H groups in total. The fourth-order valence-corrected chi connectivity index (χ4v) is 7.34. The molecule has 0 aliphatic rings. The van der Waals surface area contributed by atoms with Crippen LogP contribution in [-0.4, -0.2) is 0 Å². The molecule has 0 amide bonds. The molecule has 0 atom stereocenters. The Kier molecular flexibility index (Phi) is 8.66. The van der Waals surface area contributed by atoms with Gasteiger partial charge in [0, 0.05) is 17.1 Å². The van der Waals surface area contributed by atoms with E-state index in [2.05, 4.69) is 229 Å². The van der Waals surface area contributed by atoms with Crippen molar-refractivity contribution in [3.05, 3.63) is 224 Å². The number of fused-ring (bicyclic) bond motifs is 1. The summed E-state index contributed by atoms with van der Waals surface area (Å²) in [6, 6.07) is 80.7. The van der Waals surface area contributed by atoms with Gasteiger partial charge in [0.05, 0.1) is 0 Å². The van der Waals surface area contributed by atoms with E-state index < -0.39 is 0 Å². The van der Waals surface area contributed by atoms with E-state index in [1.807, 2.05) is 0 Å². The van der Waals surface area contributed by atoms with Crippen LogP contribution in [0.15, 0.2) is 224 Å². The Morgan fingerprint density at radius 1 is 0.226 bits per heavy atom. The molecule has 53 heavy (non-hydrogen) atoms. The molecule has 9 aromatic rings. The molecule has 1 heteroatoms. The fraction of sp³-hybridized carbons (Fsp3) is 0. The Morgan fingerprint density at radius 2 is 0.623 bits per heavy atom. The summed E-state index contributed by atoms with van der Waals surface area (Å²) in [5, 5.41) is 2.52. The van der Waals surface area contributed by atoms with Crippen molar-refractivity contribution in [3.8, 4) is 55.6 Å². The Balaban J connectivity index is 1.06. The fourth-order valence-electron chi connectivity index (χ4n) is 7.34. The van der Waals surface area contributed by atoms with E-state index in [4.69, 9.17) is 0 Å². The summed E-state index contributed by atoms with van der Waals surface area (Å²) >= 11 is 0. The summed E-state index contributed by atoms with van der Waals surface area (Å²) in [4.78, 5) is 2.35. The Morgan fingerprint density at radius 3 is 1.25 bits per heavy atom. The minimum Gasteiger partial charge on any atom is -0.310 e. The SMILES string of the molecule is c1ccc(-c2ccc(-c3ccc(N(c4ccc(-c5cccc(-c6cccc7ccccc67)c5)cc4)c4cccc(-c5ccccc5)c4)cc3)cc2)cc1. The van der Waals surface area contributed by atoms with Gasteiger partial charge in [-0.25, -0.2) is 0 Å². The second-order valence-electron chi connectivity index (χ2n) is 13.4. The van der Waals surface area contributed by atoms with Crippen molar-refractivity contribution in [2.24, 2.45) is 0 Å². The predicted octanol–water partition coefficient (Wildman–Crippen LogP) is 14.6. The predicted molar refractivity (Wildman–Crippen MR) is 226 cm³/mol. The van der Waals surface area contributed by atoms with Crippen LogP contribution in [0.4, 0.5) is 17.1 Å². The zero-order valence-corrected chi connectivity index (χ0v) is 29.3. The lowest BCUT2D eigenvalue weighted by molar-refractivity contribution is 1.28. The van der Waals surface area contributed by atoms with Crippen LogP contribution in [0.3, 0.4) is 0 Å². The van der Waals surface area contributed by atoms with E-state index >= 15 is 0 Å². The van der Waals surface area contributed by atoms with Crippen molar-refractivity contribution < 1.29 is 0 Å². The first-order valence-corrected chi connectivity index (χ1v) is 18.2. The van der Waals surface area contributed by atoms with Crippen molar-refractivity contribution in [1.82, 2.24) is 0 Å². The van der Waals surface area contributed by atoms with Gasteiger partial charge in [0.2, 0.25) is 0 Å². The highest BCUT2D eigenvalue weighted by atomic mass is 15.1. The lowest BCUT2D eigenvalue weighted by atomic mass is 9.95. The average Bonchev–Trinajstić information content (AvgIpc) is 3.25. The number of anilines is 3. The molecule has 0 spiro atoms. The van der Waals surface area contributed by atoms with Crippen LogP contribution in [0.1, 0.15) is 0 Å². The van der Waals surface area contributed by atoms with Gasteiger partial charge in [0.25, 0.3) is 0 Å². The molecule has 9 rings (SSSR count). The molecule has 0 fully saturated rings. The monoisotopic (exact) mass is 675 g/mol. The number of hydrogen-bond donors (Lipinski definition) is 0.